The van der Waals surface area contributed by atoms with E-state index in [-0.39, 0.29) is 18.0 Å². The number of nitrogens with zero attached hydrogens (tertiary/aromatic N) is 1. The SMILES string of the molecule is NC(=O)C1CC(Nc2ccccc2)CCN1Cc1cccc2ccccc12. The quantitative estimate of drug-likeness (QED) is 0.729. The molecule has 1 amide bonds. The van der Waals surface area contributed by atoms with Crippen molar-refractivity contribution in [1.29, 1.82) is 0 Å². The number of hydrogen-bond acceptors (Lipinski definition) is 3. The van der Waals surface area contributed by atoms with Crippen LogP contribution >= 0.6 is 0 Å². The zero-order chi connectivity index (χ0) is 18.6. The molecule has 4 heteroatoms. The predicted octanol–water partition coefficient (Wildman–Crippen LogP) is 3.77. The number of rotatable bonds is 5. The Balaban J connectivity index is 1.50. The maximum atomic E-state index is 12.2. The summed E-state index contributed by atoms with van der Waals surface area (Å²) in [6.45, 7) is 1.59. The van der Waals surface area contributed by atoms with Gasteiger partial charge in [0, 0.05) is 24.8 Å². The Bertz CT molecular complexity index is 920. The van der Waals surface area contributed by atoms with Gasteiger partial charge in [-0.2, -0.15) is 0 Å². The second-order valence-corrected chi connectivity index (χ2v) is 7.26. The molecule has 0 saturated carbocycles. The summed E-state index contributed by atoms with van der Waals surface area (Å²) in [5.41, 5.74) is 8.11. The van der Waals surface area contributed by atoms with Gasteiger partial charge < -0.3 is 11.1 Å². The van der Waals surface area contributed by atoms with Crippen LogP contribution in [-0.4, -0.2) is 29.4 Å². The van der Waals surface area contributed by atoms with Gasteiger partial charge >= 0.3 is 0 Å². The number of benzene rings is 3. The number of piperidine rings is 1. The zero-order valence-electron chi connectivity index (χ0n) is 15.3. The molecule has 27 heavy (non-hydrogen) atoms. The Hall–Kier alpha value is -2.85. The summed E-state index contributed by atoms with van der Waals surface area (Å²) >= 11 is 0. The summed E-state index contributed by atoms with van der Waals surface area (Å²) in [5, 5.41) is 6.02. The van der Waals surface area contributed by atoms with Gasteiger partial charge in [0.25, 0.3) is 0 Å². The van der Waals surface area contributed by atoms with Crippen molar-refractivity contribution >= 4 is 22.4 Å². The van der Waals surface area contributed by atoms with Crippen molar-refractivity contribution in [3.8, 4) is 0 Å². The fourth-order valence-electron chi connectivity index (χ4n) is 4.05. The number of carbonyl (C=O) groups is 1. The van der Waals surface area contributed by atoms with Gasteiger partial charge in [0.05, 0.1) is 6.04 Å². The number of para-hydroxylation sites is 1. The number of primary amides is 1. The molecule has 1 aliphatic heterocycles. The largest absolute Gasteiger partial charge is 0.382 e. The molecular formula is C23H25N3O. The van der Waals surface area contributed by atoms with Crippen LogP contribution in [0.3, 0.4) is 0 Å². The minimum absolute atomic E-state index is 0.241. The van der Waals surface area contributed by atoms with Crippen LogP contribution in [0.2, 0.25) is 0 Å². The molecular weight excluding hydrogens is 334 g/mol. The normalized spacial score (nSPS) is 20.4. The summed E-state index contributed by atoms with van der Waals surface area (Å²) in [6.07, 6.45) is 1.72. The monoisotopic (exact) mass is 359 g/mol. The van der Waals surface area contributed by atoms with Crippen LogP contribution in [0.5, 0.6) is 0 Å². The van der Waals surface area contributed by atoms with Crippen molar-refractivity contribution in [2.75, 3.05) is 11.9 Å². The minimum Gasteiger partial charge on any atom is -0.382 e. The van der Waals surface area contributed by atoms with E-state index >= 15 is 0 Å². The molecule has 3 aromatic rings. The molecule has 1 aliphatic rings. The van der Waals surface area contributed by atoms with Gasteiger partial charge in [0.1, 0.15) is 0 Å². The lowest BCUT2D eigenvalue weighted by atomic mass is 9.94. The predicted molar refractivity (Wildman–Crippen MR) is 110 cm³/mol. The Labute approximate surface area is 160 Å². The molecule has 0 radical (unpaired) electrons. The topological polar surface area (TPSA) is 58.4 Å². The summed E-state index contributed by atoms with van der Waals surface area (Å²) in [5.74, 6) is -0.241. The molecule has 0 aliphatic carbocycles. The van der Waals surface area contributed by atoms with Crippen molar-refractivity contribution in [3.05, 3.63) is 78.4 Å². The first-order chi connectivity index (χ1) is 13.2. The highest BCUT2D eigenvalue weighted by Crippen LogP contribution is 2.26. The van der Waals surface area contributed by atoms with E-state index in [1.807, 2.05) is 18.2 Å². The number of hydrogen-bond donors (Lipinski definition) is 2. The molecule has 2 atom stereocenters. The molecule has 138 valence electrons. The van der Waals surface area contributed by atoms with E-state index in [0.717, 1.165) is 31.6 Å². The van der Waals surface area contributed by atoms with Gasteiger partial charge in [-0.15, -0.1) is 0 Å². The first-order valence-electron chi connectivity index (χ1n) is 9.52. The first kappa shape index (κ1) is 17.6. The van der Waals surface area contributed by atoms with E-state index in [4.69, 9.17) is 5.73 Å². The highest BCUT2D eigenvalue weighted by molar-refractivity contribution is 5.85. The van der Waals surface area contributed by atoms with Crippen LogP contribution in [0, 0.1) is 0 Å². The second kappa shape index (κ2) is 7.80. The molecule has 0 spiro atoms. The lowest BCUT2D eigenvalue weighted by molar-refractivity contribution is -0.124. The van der Waals surface area contributed by atoms with Crippen LogP contribution < -0.4 is 11.1 Å². The second-order valence-electron chi connectivity index (χ2n) is 7.26. The smallest absolute Gasteiger partial charge is 0.234 e. The van der Waals surface area contributed by atoms with Crippen molar-refractivity contribution in [1.82, 2.24) is 4.90 Å². The highest BCUT2D eigenvalue weighted by Gasteiger charge is 2.32. The fraction of sp³-hybridized carbons (Fsp3) is 0.261. The maximum absolute atomic E-state index is 12.2. The highest BCUT2D eigenvalue weighted by atomic mass is 16.1. The molecule has 1 saturated heterocycles. The van der Waals surface area contributed by atoms with Crippen LogP contribution in [0.25, 0.3) is 10.8 Å². The molecule has 3 aromatic carbocycles. The van der Waals surface area contributed by atoms with Gasteiger partial charge in [0.15, 0.2) is 0 Å². The Morgan fingerprint density at radius 3 is 2.56 bits per heavy atom. The zero-order valence-corrected chi connectivity index (χ0v) is 15.3. The average Bonchev–Trinajstić information content (AvgIpc) is 2.70. The van der Waals surface area contributed by atoms with E-state index in [0.29, 0.717) is 0 Å². The number of fused-ring (bicyclic) bond motifs is 1. The summed E-state index contributed by atoms with van der Waals surface area (Å²) < 4.78 is 0. The molecule has 4 nitrogen and oxygen atoms in total. The van der Waals surface area contributed by atoms with Crippen molar-refractivity contribution in [2.24, 2.45) is 5.73 Å². The van der Waals surface area contributed by atoms with Gasteiger partial charge in [0.2, 0.25) is 5.91 Å². The molecule has 1 fully saturated rings. The summed E-state index contributed by atoms with van der Waals surface area (Å²) in [6, 6.07) is 24.9. The van der Waals surface area contributed by atoms with Gasteiger partial charge in [-0.1, -0.05) is 60.7 Å². The van der Waals surface area contributed by atoms with Crippen LogP contribution in [0.4, 0.5) is 5.69 Å². The third-order valence-electron chi connectivity index (χ3n) is 5.44. The third kappa shape index (κ3) is 3.96. The number of nitrogens with one attached hydrogen (secondary N) is 1. The molecule has 0 aromatic heterocycles. The van der Waals surface area contributed by atoms with Gasteiger partial charge in [-0.25, -0.2) is 0 Å². The summed E-state index contributed by atoms with van der Waals surface area (Å²) in [4.78, 5) is 14.4. The van der Waals surface area contributed by atoms with Gasteiger partial charge in [-0.05, 0) is 41.3 Å². The molecule has 2 unspecified atom stereocenters. The standard InChI is InChI=1S/C23H25N3O/c24-23(27)22-15-20(25-19-10-2-1-3-11-19)13-14-26(22)16-18-9-6-8-17-7-4-5-12-21(17)18/h1-12,20,22,25H,13-16H2,(H2,24,27). The fourth-order valence-corrected chi connectivity index (χ4v) is 4.05. The number of likely N-dealkylation sites (tertiary alicyclic amines) is 1. The van der Waals surface area contributed by atoms with Crippen LogP contribution in [-0.2, 0) is 11.3 Å². The first-order valence-corrected chi connectivity index (χ1v) is 9.52. The average molecular weight is 359 g/mol. The van der Waals surface area contributed by atoms with E-state index < -0.39 is 0 Å². The van der Waals surface area contributed by atoms with Gasteiger partial charge in [-0.3, -0.25) is 9.69 Å². The van der Waals surface area contributed by atoms with E-state index in [9.17, 15) is 4.79 Å². The maximum Gasteiger partial charge on any atom is 0.234 e. The summed E-state index contributed by atoms with van der Waals surface area (Å²) in [7, 11) is 0. The number of anilines is 1. The molecule has 3 N–H and O–H groups in total. The molecule has 0 bridgehead atoms. The van der Waals surface area contributed by atoms with Crippen molar-refractivity contribution in [3.63, 3.8) is 0 Å². The third-order valence-corrected chi connectivity index (χ3v) is 5.44. The van der Waals surface area contributed by atoms with Crippen molar-refractivity contribution in [2.45, 2.75) is 31.5 Å². The van der Waals surface area contributed by atoms with Crippen molar-refractivity contribution < 1.29 is 4.79 Å². The minimum atomic E-state index is -0.251. The van der Waals surface area contributed by atoms with E-state index in [1.54, 1.807) is 0 Å². The van der Waals surface area contributed by atoms with Crippen LogP contribution in [0.15, 0.2) is 72.8 Å². The Kier molecular flexibility index (Phi) is 5.07. The van der Waals surface area contributed by atoms with Crippen LogP contribution in [0.1, 0.15) is 18.4 Å². The number of nitrogens with two attached hydrogens (primary N) is 1. The number of amides is 1. The van der Waals surface area contributed by atoms with E-state index in [1.165, 1.54) is 16.3 Å². The Morgan fingerprint density at radius 1 is 1.00 bits per heavy atom. The lowest BCUT2D eigenvalue weighted by Crippen LogP contribution is -2.52. The molecule has 1 heterocycles. The van der Waals surface area contributed by atoms with E-state index in [2.05, 4.69) is 64.8 Å². The molecule has 4 rings (SSSR count). The lowest BCUT2D eigenvalue weighted by Gasteiger charge is -2.38. The Morgan fingerprint density at radius 2 is 1.74 bits per heavy atom. The number of carbonyl (C=O) groups excluding carboxylic acids is 1.